The molecule has 0 unspecified atom stereocenters. The Morgan fingerprint density at radius 3 is 2.53 bits per heavy atom. The summed E-state index contributed by atoms with van der Waals surface area (Å²) in [6, 6.07) is 15.2. The molecule has 2 aromatic heterocycles. The van der Waals surface area contributed by atoms with E-state index in [1.807, 2.05) is 32.9 Å². The number of benzene rings is 2. The molecule has 0 aliphatic carbocycles. The lowest BCUT2D eigenvalue weighted by molar-refractivity contribution is -0.117. The molecule has 2 aromatic carbocycles. The van der Waals surface area contributed by atoms with E-state index in [1.54, 1.807) is 41.0 Å². The highest BCUT2D eigenvalue weighted by Gasteiger charge is 2.19. The fourth-order valence-electron chi connectivity index (χ4n) is 3.74. The monoisotopic (exact) mass is 459 g/mol. The number of carbonyl (C=O) groups excluding carboxylic acids is 2. The van der Waals surface area contributed by atoms with Crippen molar-refractivity contribution in [3.8, 4) is 0 Å². The molecule has 4 rings (SSSR count). The molecule has 2 heterocycles. The highest BCUT2D eigenvalue weighted by Crippen LogP contribution is 2.27. The summed E-state index contributed by atoms with van der Waals surface area (Å²) in [4.78, 5) is 33.4. The Hall–Kier alpha value is -4.07. The molecule has 34 heavy (non-hydrogen) atoms. The molecule has 0 aliphatic heterocycles. The van der Waals surface area contributed by atoms with Gasteiger partial charge < -0.3 is 15.2 Å². The van der Waals surface area contributed by atoms with Crippen LogP contribution in [-0.2, 0) is 11.3 Å². The molecule has 7 nitrogen and oxygen atoms in total. The van der Waals surface area contributed by atoms with Gasteiger partial charge in [0.1, 0.15) is 23.7 Å². The Kier molecular flexibility index (Phi) is 6.40. The first-order valence-corrected chi connectivity index (χ1v) is 10.9. The topological polar surface area (TPSA) is 88.9 Å². The Bertz CT molecular complexity index is 1340. The minimum absolute atomic E-state index is 0.0839. The normalized spacial score (nSPS) is 11.4. The lowest BCUT2D eigenvalue weighted by Gasteiger charge is -2.17. The quantitative estimate of drug-likeness (QED) is 0.412. The van der Waals surface area contributed by atoms with Crippen molar-refractivity contribution >= 4 is 34.2 Å². The van der Waals surface area contributed by atoms with E-state index in [2.05, 4.69) is 20.6 Å². The number of amides is 2. The third kappa shape index (κ3) is 5.46. The van der Waals surface area contributed by atoms with E-state index in [-0.39, 0.29) is 29.6 Å². The van der Waals surface area contributed by atoms with Crippen molar-refractivity contribution in [3.05, 3.63) is 84.2 Å². The molecule has 8 heteroatoms. The molecular formula is C26H26FN5O2. The van der Waals surface area contributed by atoms with Gasteiger partial charge in [-0.15, -0.1) is 0 Å². The Morgan fingerprint density at radius 1 is 1.03 bits per heavy atom. The number of hydrogen-bond donors (Lipinski definition) is 2. The standard InChI is InChI=1S/C26H26FN5O2/c1-26(2,3)14-24(33)30-19-8-9-21-18(12-19)13-22(25(34)31-23-10-11-28-16-29-23)32(21)15-17-6-4-5-7-20(17)27/h4-13,16H,14-15H2,1-3H3,(H,30,33)(H,28,29,31,34). The zero-order valence-corrected chi connectivity index (χ0v) is 19.3. The molecule has 0 saturated heterocycles. The number of halogens is 1. The van der Waals surface area contributed by atoms with Crippen LogP contribution in [0, 0.1) is 11.2 Å². The first-order valence-electron chi connectivity index (χ1n) is 10.9. The van der Waals surface area contributed by atoms with Crippen LogP contribution in [0.1, 0.15) is 43.2 Å². The average molecular weight is 460 g/mol. The van der Waals surface area contributed by atoms with Gasteiger partial charge in [0, 0.05) is 34.8 Å². The van der Waals surface area contributed by atoms with Crippen LogP contribution in [0.3, 0.4) is 0 Å². The van der Waals surface area contributed by atoms with Crippen molar-refractivity contribution in [2.75, 3.05) is 10.6 Å². The number of anilines is 2. The number of nitrogens with one attached hydrogen (secondary N) is 2. The van der Waals surface area contributed by atoms with Crippen LogP contribution in [-0.4, -0.2) is 26.3 Å². The van der Waals surface area contributed by atoms with E-state index < -0.39 is 0 Å². The molecule has 2 N–H and O–H groups in total. The van der Waals surface area contributed by atoms with Crippen LogP contribution in [0.15, 0.2) is 67.1 Å². The fourth-order valence-corrected chi connectivity index (χ4v) is 3.74. The molecule has 0 bridgehead atoms. The van der Waals surface area contributed by atoms with Crippen molar-refractivity contribution in [1.82, 2.24) is 14.5 Å². The molecule has 0 aliphatic rings. The Labute approximate surface area is 197 Å². The summed E-state index contributed by atoms with van der Waals surface area (Å²) in [6.07, 6.45) is 3.26. The van der Waals surface area contributed by atoms with E-state index in [4.69, 9.17) is 0 Å². The fraction of sp³-hybridized carbons (Fsp3) is 0.231. The molecule has 0 spiro atoms. The lowest BCUT2D eigenvalue weighted by atomic mass is 9.92. The smallest absolute Gasteiger partial charge is 0.273 e. The molecule has 0 radical (unpaired) electrons. The van der Waals surface area contributed by atoms with Gasteiger partial charge in [-0.3, -0.25) is 9.59 Å². The molecular weight excluding hydrogens is 433 g/mol. The largest absolute Gasteiger partial charge is 0.332 e. The van der Waals surface area contributed by atoms with Crippen molar-refractivity contribution in [1.29, 1.82) is 0 Å². The number of rotatable bonds is 6. The van der Waals surface area contributed by atoms with E-state index in [0.717, 1.165) is 10.9 Å². The van der Waals surface area contributed by atoms with Crippen LogP contribution < -0.4 is 10.6 Å². The van der Waals surface area contributed by atoms with Gasteiger partial charge in [-0.1, -0.05) is 39.0 Å². The Morgan fingerprint density at radius 2 is 1.82 bits per heavy atom. The van der Waals surface area contributed by atoms with Crippen molar-refractivity contribution < 1.29 is 14.0 Å². The van der Waals surface area contributed by atoms with Crippen LogP contribution in [0.5, 0.6) is 0 Å². The maximum atomic E-state index is 14.4. The van der Waals surface area contributed by atoms with Crippen LogP contribution in [0.4, 0.5) is 15.9 Å². The van der Waals surface area contributed by atoms with Crippen LogP contribution >= 0.6 is 0 Å². The summed E-state index contributed by atoms with van der Waals surface area (Å²) in [5.41, 5.74) is 2.04. The van der Waals surface area contributed by atoms with Crippen LogP contribution in [0.2, 0.25) is 0 Å². The first kappa shape index (κ1) is 23.1. The summed E-state index contributed by atoms with van der Waals surface area (Å²) >= 11 is 0. The van der Waals surface area contributed by atoms with Gasteiger partial charge in [-0.25, -0.2) is 14.4 Å². The second-order valence-corrected chi connectivity index (χ2v) is 9.32. The van der Waals surface area contributed by atoms with Gasteiger partial charge in [0.15, 0.2) is 0 Å². The van der Waals surface area contributed by atoms with Gasteiger partial charge in [-0.05, 0) is 41.8 Å². The first-order chi connectivity index (χ1) is 16.2. The number of aromatic nitrogens is 3. The third-order valence-corrected chi connectivity index (χ3v) is 5.22. The minimum atomic E-state index is -0.385. The van der Waals surface area contributed by atoms with E-state index >= 15 is 0 Å². The maximum Gasteiger partial charge on any atom is 0.273 e. The van der Waals surface area contributed by atoms with Gasteiger partial charge in [0.2, 0.25) is 5.91 Å². The summed E-state index contributed by atoms with van der Waals surface area (Å²) in [7, 11) is 0. The van der Waals surface area contributed by atoms with Gasteiger partial charge in [-0.2, -0.15) is 0 Å². The van der Waals surface area contributed by atoms with Gasteiger partial charge in [0.25, 0.3) is 5.91 Å². The SMILES string of the molecule is CC(C)(C)CC(=O)Nc1ccc2c(c1)cc(C(=O)Nc1ccncn1)n2Cc1ccccc1F. The number of nitrogens with zero attached hydrogens (tertiary/aromatic N) is 3. The Balaban J connectivity index is 1.71. The molecule has 174 valence electrons. The molecule has 0 saturated carbocycles. The average Bonchev–Trinajstić information content (AvgIpc) is 3.12. The molecule has 4 aromatic rings. The predicted molar refractivity (Wildman–Crippen MR) is 130 cm³/mol. The van der Waals surface area contributed by atoms with E-state index in [0.29, 0.717) is 29.2 Å². The number of carbonyl (C=O) groups is 2. The minimum Gasteiger partial charge on any atom is -0.332 e. The van der Waals surface area contributed by atoms with E-state index in [1.165, 1.54) is 18.6 Å². The van der Waals surface area contributed by atoms with Crippen molar-refractivity contribution in [2.45, 2.75) is 33.7 Å². The van der Waals surface area contributed by atoms with Gasteiger partial charge in [0.05, 0.1) is 6.54 Å². The van der Waals surface area contributed by atoms with E-state index in [9.17, 15) is 14.0 Å². The zero-order valence-electron chi connectivity index (χ0n) is 19.3. The zero-order chi connectivity index (χ0) is 24.3. The summed E-state index contributed by atoms with van der Waals surface area (Å²) in [6.45, 7) is 6.17. The van der Waals surface area contributed by atoms with Crippen LogP contribution in [0.25, 0.3) is 10.9 Å². The highest BCUT2D eigenvalue weighted by atomic mass is 19.1. The third-order valence-electron chi connectivity index (χ3n) is 5.22. The van der Waals surface area contributed by atoms with Crippen molar-refractivity contribution in [2.24, 2.45) is 5.41 Å². The second kappa shape index (κ2) is 9.43. The highest BCUT2D eigenvalue weighted by molar-refractivity contribution is 6.06. The van der Waals surface area contributed by atoms with Gasteiger partial charge >= 0.3 is 0 Å². The molecule has 0 atom stereocenters. The predicted octanol–water partition coefficient (Wildman–Crippen LogP) is 5.25. The molecule has 2 amide bonds. The number of hydrogen-bond acceptors (Lipinski definition) is 4. The van der Waals surface area contributed by atoms with Crippen molar-refractivity contribution in [3.63, 3.8) is 0 Å². The lowest BCUT2D eigenvalue weighted by Crippen LogP contribution is -2.19. The molecule has 0 fully saturated rings. The summed E-state index contributed by atoms with van der Waals surface area (Å²) in [5, 5.41) is 6.43. The summed E-state index contributed by atoms with van der Waals surface area (Å²) < 4.78 is 16.2. The number of fused-ring (bicyclic) bond motifs is 1. The summed E-state index contributed by atoms with van der Waals surface area (Å²) in [5.74, 6) is -0.459. The second-order valence-electron chi connectivity index (χ2n) is 9.32. The maximum absolute atomic E-state index is 14.4.